The van der Waals surface area contributed by atoms with E-state index in [9.17, 15) is 14.8 Å². The molecule has 1 atom stereocenters. The van der Waals surface area contributed by atoms with Gasteiger partial charge in [0.1, 0.15) is 11.7 Å². The van der Waals surface area contributed by atoms with E-state index in [0.29, 0.717) is 34.9 Å². The van der Waals surface area contributed by atoms with E-state index in [1.807, 2.05) is 5.48 Å². The third-order valence-electron chi connectivity index (χ3n) is 4.81. The Kier molecular flexibility index (Phi) is 7.15. The molecule has 29 heavy (non-hydrogen) atoms. The van der Waals surface area contributed by atoms with Crippen molar-refractivity contribution in [2.24, 2.45) is 0 Å². The van der Waals surface area contributed by atoms with Crippen LogP contribution in [0.25, 0.3) is 0 Å². The molecule has 2 amide bonds. The van der Waals surface area contributed by atoms with Gasteiger partial charge in [0.2, 0.25) is 5.91 Å². The molecular weight excluding hydrogens is 400 g/mol. The van der Waals surface area contributed by atoms with Crippen molar-refractivity contribution in [1.29, 1.82) is 0 Å². The molecule has 1 aromatic carbocycles. The number of rotatable bonds is 10. The van der Waals surface area contributed by atoms with Gasteiger partial charge >= 0.3 is 0 Å². The maximum absolute atomic E-state index is 12.6. The molecule has 0 saturated heterocycles. The number of nitrogens with zero attached hydrogens (tertiary/aromatic N) is 4. The van der Waals surface area contributed by atoms with E-state index < -0.39 is 6.04 Å². The highest BCUT2D eigenvalue weighted by Crippen LogP contribution is 2.38. The highest BCUT2D eigenvalue weighted by Gasteiger charge is 2.37. The molecule has 2 heterocycles. The molecule has 1 aliphatic heterocycles. The summed E-state index contributed by atoms with van der Waals surface area (Å²) in [6.45, 7) is 0.919. The fraction of sp³-hybridized carbons (Fsp3) is 0.444. The van der Waals surface area contributed by atoms with Crippen molar-refractivity contribution in [2.45, 2.75) is 51.2 Å². The van der Waals surface area contributed by atoms with Gasteiger partial charge in [-0.05, 0) is 31.0 Å². The SMILES string of the molecule is O=C(CCCCCCn1cc(CN2C(=O)C(NO)c3cc(Cl)ccc32)nn1)NO. The average molecular weight is 423 g/mol. The summed E-state index contributed by atoms with van der Waals surface area (Å²) in [4.78, 5) is 25.1. The molecule has 0 spiro atoms. The lowest BCUT2D eigenvalue weighted by Gasteiger charge is -2.16. The van der Waals surface area contributed by atoms with Crippen molar-refractivity contribution in [1.82, 2.24) is 26.0 Å². The number of hydrogen-bond acceptors (Lipinski definition) is 7. The van der Waals surface area contributed by atoms with E-state index in [1.165, 1.54) is 0 Å². The Labute approximate surface area is 172 Å². The Morgan fingerprint density at radius 3 is 2.76 bits per heavy atom. The van der Waals surface area contributed by atoms with Crippen molar-refractivity contribution in [3.63, 3.8) is 0 Å². The third kappa shape index (κ3) is 5.10. The quantitative estimate of drug-likeness (QED) is 0.261. The number of amides is 2. The van der Waals surface area contributed by atoms with Crippen molar-refractivity contribution >= 4 is 29.1 Å². The van der Waals surface area contributed by atoms with Crippen LogP contribution in [-0.4, -0.2) is 37.2 Å². The second-order valence-electron chi connectivity index (χ2n) is 6.86. The molecule has 1 aromatic heterocycles. The zero-order chi connectivity index (χ0) is 20.8. The van der Waals surface area contributed by atoms with Gasteiger partial charge < -0.3 is 10.1 Å². The minimum Gasteiger partial charge on any atom is -0.316 e. The van der Waals surface area contributed by atoms with E-state index in [1.54, 1.807) is 39.5 Å². The number of nitrogens with one attached hydrogen (secondary N) is 2. The van der Waals surface area contributed by atoms with Crippen LogP contribution in [0.4, 0.5) is 5.69 Å². The van der Waals surface area contributed by atoms with Gasteiger partial charge in [-0.15, -0.1) is 5.10 Å². The zero-order valence-corrected chi connectivity index (χ0v) is 16.5. The summed E-state index contributed by atoms with van der Waals surface area (Å²) in [6, 6.07) is 4.24. The monoisotopic (exact) mass is 422 g/mol. The van der Waals surface area contributed by atoms with Crippen LogP contribution in [0, 0.1) is 0 Å². The maximum Gasteiger partial charge on any atom is 0.251 e. The van der Waals surface area contributed by atoms with Crippen LogP contribution >= 0.6 is 11.6 Å². The number of hydroxylamine groups is 2. The highest BCUT2D eigenvalue weighted by molar-refractivity contribution is 6.31. The van der Waals surface area contributed by atoms with Gasteiger partial charge in [-0.25, -0.2) is 5.48 Å². The Balaban J connectivity index is 1.53. The molecule has 3 rings (SSSR count). The maximum atomic E-state index is 12.6. The number of carbonyl (C=O) groups is 2. The summed E-state index contributed by atoms with van der Waals surface area (Å²) < 4.78 is 1.72. The summed E-state index contributed by atoms with van der Waals surface area (Å²) in [6.07, 6.45) is 5.51. The van der Waals surface area contributed by atoms with Gasteiger partial charge in [0.15, 0.2) is 0 Å². The minimum absolute atomic E-state index is 0.238. The van der Waals surface area contributed by atoms with Crippen molar-refractivity contribution < 1.29 is 20.0 Å². The fourth-order valence-electron chi connectivity index (χ4n) is 3.35. The molecule has 0 fully saturated rings. The first-order valence-corrected chi connectivity index (χ1v) is 9.73. The predicted molar refractivity (Wildman–Crippen MR) is 103 cm³/mol. The summed E-state index contributed by atoms with van der Waals surface area (Å²) in [5, 5.41) is 26.5. The van der Waals surface area contributed by atoms with Crippen LogP contribution in [0.2, 0.25) is 5.02 Å². The van der Waals surface area contributed by atoms with E-state index in [-0.39, 0.29) is 18.4 Å². The number of aromatic nitrogens is 3. The van der Waals surface area contributed by atoms with Gasteiger partial charge in [-0.3, -0.25) is 19.5 Å². The molecule has 156 valence electrons. The van der Waals surface area contributed by atoms with Crippen LogP contribution in [-0.2, 0) is 22.7 Å². The fourth-order valence-corrected chi connectivity index (χ4v) is 3.53. The summed E-state index contributed by atoms with van der Waals surface area (Å²) in [5.41, 5.74) is 5.59. The van der Waals surface area contributed by atoms with Gasteiger partial charge in [-0.2, -0.15) is 5.48 Å². The van der Waals surface area contributed by atoms with E-state index in [4.69, 9.17) is 16.8 Å². The summed E-state index contributed by atoms with van der Waals surface area (Å²) in [5.74, 6) is -0.656. The summed E-state index contributed by atoms with van der Waals surface area (Å²) in [7, 11) is 0. The number of hydrogen-bond donors (Lipinski definition) is 4. The largest absolute Gasteiger partial charge is 0.316 e. The Hall–Kier alpha value is -2.53. The molecule has 0 aliphatic carbocycles. The van der Waals surface area contributed by atoms with Crippen molar-refractivity contribution in [3.8, 4) is 0 Å². The van der Waals surface area contributed by atoms with Crippen LogP contribution in [0.15, 0.2) is 24.4 Å². The number of aryl methyl sites for hydroxylation is 1. The third-order valence-corrected chi connectivity index (χ3v) is 5.04. The molecule has 4 N–H and O–H groups in total. The summed E-state index contributed by atoms with van der Waals surface area (Å²) >= 11 is 6.01. The molecule has 1 unspecified atom stereocenters. The normalized spacial score (nSPS) is 15.6. The van der Waals surface area contributed by atoms with Gasteiger partial charge in [-0.1, -0.05) is 29.7 Å². The number of anilines is 1. The van der Waals surface area contributed by atoms with Gasteiger partial charge in [0, 0.05) is 29.2 Å². The Bertz CT molecular complexity index is 874. The number of unbranched alkanes of at least 4 members (excludes halogenated alkanes) is 3. The first-order valence-electron chi connectivity index (χ1n) is 9.36. The molecule has 0 radical (unpaired) electrons. The molecule has 1 aliphatic rings. The molecule has 0 saturated carbocycles. The van der Waals surface area contributed by atoms with Crippen LogP contribution in [0.1, 0.15) is 49.4 Å². The highest BCUT2D eigenvalue weighted by atomic mass is 35.5. The van der Waals surface area contributed by atoms with Crippen LogP contribution in [0.3, 0.4) is 0 Å². The lowest BCUT2D eigenvalue weighted by molar-refractivity contribution is -0.129. The van der Waals surface area contributed by atoms with E-state index >= 15 is 0 Å². The Morgan fingerprint density at radius 1 is 1.21 bits per heavy atom. The van der Waals surface area contributed by atoms with Crippen molar-refractivity contribution in [2.75, 3.05) is 4.90 Å². The molecule has 10 nitrogen and oxygen atoms in total. The average Bonchev–Trinajstić information content (AvgIpc) is 3.26. The first kappa shape index (κ1) is 21.2. The molecule has 11 heteroatoms. The van der Waals surface area contributed by atoms with Crippen LogP contribution in [0.5, 0.6) is 0 Å². The lowest BCUT2D eigenvalue weighted by atomic mass is 10.1. The van der Waals surface area contributed by atoms with E-state index in [0.717, 1.165) is 25.7 Å². The smallest absolute Gasteiger partial charge is 0.251 e. The topological polar surface area (TPSA) is 133 Å². The first-order chi connectivity index (χ1) is 14.0. The second-order valence-corrected chi connectivity index (χ2v) is 7.30. The van der Waals surface area contributed by atoms with Gasteiger partial charge in [0.25, 0.3) is 5.91 Å². The second kappa shape index (κ2) is 9.79. The lowest BCUT2D eigenvalue weighted by Crippen LogP contribution is -2.33. The molecule has 2 aromatic rings. The van der Waals surface area contributed by atoms with Crippen molar-refractivity contribution in [3.05, 3.63) is 40.7 Å². The Morgan fingerprint density at radius 2 is 2.00 bits per heavy atom. The van der Waals surface area contributed by atoms with E-state index in [2.05, 4.69) is 10.3 Å². The number of halogens is 1. The minimum atomic E-state index is -0.855. The number of fused-ring (bicyclic) bond motifs is 1. The zero-order valence-electron chi connectivity index (χ0n) is 15.7. The number of benzene rings is 1. The van der Waals surface area contributed by atoms with Gasteiger partial charge in [0.05, 0.1) is 12.7 Å². The van der Waals surface area contributed by atoms with Crippen LogP contribution < -0.4 is 15.9 Å². The molecule has 0 bridgehead atoms. The number of carbonyl (C=O) groups excluding carboxylic acids is 2. The molecular formula is C18H23ClN6O4. The standard InChI is InChI=1S/C18H23ClN6O4/c19-12-6-7-15-14(9-12)17(22-29)18(27)25(15)11-13-10-24(23-20-13)8-4-2-1-3-5-16(26)21-28/h6-7,9-10,17,22,28-29H,1-5,8,11H2,(H,21,26). The predicted octanol–water partition coefficient (Wildman–Crippen LogP) is 1.95.